The number of pyridine rings is 1. The first-order valence-electron chi connectivity index (χ1n) is 6.33. The number of aromatic nitrogens is 1. The number of aliphatic hydroxyl groups is 1. The van der Waals surface area contributed by atoms with Gasteiger partial charge in [0.1, 0.15) is 11.5 Å². The number of carbonyl (C=O) groups excluding carboxylic acids is 1. The fourth-order valence-corrected chi connectivity index (χ4v) is 2.40. The van der Waals surface area contributed by atoms with Crippen molar-refractivity contribution < 1.29 is 9.90 Å². The van der Waals surface area contributed by atoms with Crippen LogP contribution in [0.1, 0.15) is 29.8 Å². The maximum Gasteiger partial charge on any atom is 0.272 e. The Balaban J connectivity index is 2.04. The van der Waals surface area contributed by atoms with Crippen molar-refractivity contribution in [3.63, 3.8) is 0 Å². The molecule has 2 heterocycles. The maximum atomic E-state index is 12.2. The van der Waals surface area contributed by atoms with Crippen LogP contribution in [-0.2, 0) is 0 Å². The molecule has 0 spiro atoms. The van der Waals surface area contributed by atoms with E-state index in [1.54, 1.807) is 18.2 Å². The van der Waals surface area contributed by atoms with Crippen molar-refractivity contribution in [2.45, 2.75) is 19.3 Å². The Hall–Kier alpha value is -1.62. The third-order valence-electron chi connectivity index (χ3n) is 3.33. The molecule has 3 N–H and O–H groups in total. The fourth-order valence-electron chi connectivity index (χ4n) is 2.40. The Labute approximate surface area is 107 Å². The van der Waals surface area contributed by atoms with Gasteiger partial charge in [-0.2, -0.15) is 0 Å². The third kappa shape index (κ3) is 2.98. The van der Waals surface area contributed by atoms with Crippen LogP contribution in [0, 0.1) is 5.92 Å². The summed E-state index contributed by atoms with van der Waals surface area (Å²) in [4.78, 5) is 18.1. The molecule has 0 saturated carbocycles. The van der Waals surface area contributed by atoms with Crippen LogP contribution in [0.25, 0.3) is 0 Å². The highest BCUT2D eigenvalue weighted by atomic mass is 16.3. The van der Waals surface area contributed by atoms with Gasteiger partial charge < -0.3 is 15.7 Å². The van der Waals surface area contributed by atoms with Gasteiger partial charge in [-0.25, -0.2) is 4.98 Å². The number of hydrogen-bond donors (Lipinski definition) is 2. The summed E-state index contributed by atoms with van der Waals surface area (Å²) < 4.78 is 0. The zero-order valence-corrected chi connectivity index (χ0v) is 10.4. The van der Waals surface area contributed by atoms with Crippen molar-refractivity contribution in [3.05, 3.63) is 23.9 Å². The number of hydrogen-bond acceptors (Lipinski definition) is 4. The number of anilines is 1. The lowest BCUT2D eigenvalue weighted by atomic mass is 9.95. The molecule has 1 aliphatic rings. The Morgan fingerprint density at radius 3 is 3.11 bits per heavy atom. The molecule has 2 rings (SSSR count). The van der Waals surface area contributed by atoms with Gasteiger partial charge >= 0.3 is 0 Å². The lowest BCUT2D eigenvalue weighted by Gasteiger charge is -2.32. The SMILES string of the molecule is Nc1cccc(C(=O)N2CCCC(CCO)C2)n1. The Kier molecular flexibility index (Phi) is 4.15. The van der Waals surface area contributed by atoms with E-state index in [4.69, 9.17) is 10.8 Å². The fraction of sp³-hybridized carbons (Fsp3) is 0.538. The Morgan fingerprint density at radius 1 is 1.56 bits per heavy atom. The van der Waals surface area contributed by atoms with E-state index >= 15 is 0 Å². The molecule has 0 bridgehead atoms. The molecule has 18 heavy (non-hydrogen) atoms. The van der Waals surface area contributed by atoms with Gasteiger partial charge in [0.15, 0.2) is 0 Å². The maximum absolute atomic E-state index is 12.2. The number of amides is 1. The van der Waals surface area contributed by atoms with Crippen molar-refractivity contribution in [2.75, 3.05) is 25.4 Å². The summed E-state index contributed by atoms with van der Waals surface area (Å²) in [6.07, 6.45) is 2.82. The average molecular weight is 249 g/mol. The molecule has 0 radical (unpaired) electrons. The van der Waals surface area contributed by atoms with Gasteiger partial charge in [0.25, 0.3) is 5.91 Å². The molecule has 98 valence electrons. The molecule has 5 nitrogen and oxygen atoms in total. The zero-order chi connectivity index (χ0) is 13.0. The van der Waals surface area contributed by atoms with Gasteiger partial charge in [0, 0.05) is 19.7 Å². The summed E-state index contributed by atoms with van der Waals surface area (Å²) in [6.45, 7) is 1.65. The van der Waals surface area contributed by atoms with Crippen LogP contribution in [0.5, 0.6) is 0 Å². The van der Waals surface area contributed by atoms with Crippen LogP contribution >= 0.6 is 0 Å². The average Bonchev–Trinajstić information content (AvgIpc) is 2.39. The van der Waals surface area contributed by atoms with E-state index in [1.807, 2.05) is 4.90 Å². The van der Waals surface area contributed by atoms with Gasteiger partial charge in [-0.05, 0) is 37.3 Å². The van der Waals surface area contributed by atoms with E-state index in [-0.39, 0.29) is 12.5 Å². The Morgan fingerprint density at radius 2 is 2.39 bits per heavy atom. The molecule has 1 amide bonds. The van der Waals surface area contributed by atoms with E-state index in [2.05, 4.69) is 4.98 Å². The second-order valence-electron chi connectivity index (χ2n) is 4.72. The molecule has 1 aliphatic heterocycles. The van der Waals surface area contributed by atoms with Crippen LogP contribution in [0.4, 0.5) is 5.82 Å². The first kappa shape index (κ1) is 12.8. The monoisotopic (exact) mass is 249 g/mol. The van der Waals surface area contributed by atoms with E-state index in [0.717, 1.165) is 25.8 Å². The number of aliphatic hydroxyl groups excluding tert-OH is 1. The predicted octanol–water partition coefficient (Wildman–Crippen LogP) is 0.898. The number of carbonyl (C=O) groups is 1. The molecule has 1 fully saturated rings. The molecule has 1 aromatic rings. The third-order valence-corrected chi connectivity index (χ3v) is 3.33. The van der Waals surface area contributed by atoms with E-state index in [1.165, 1.54) is 0 Å². The Bertz CT molecular complexity index is 420. The summed E-state index contributed by atoms with van der Waals surface area (Å²) in [5, 5.41) is 8.96. The smallest absolute Gasteiger partial charge is 0.272 e. The normalized spacial score (nSPS) is 19.8. The summed E-state index contributed by atoms with van der Waals surface area (Å²) in [6, 6.07) is 5.10. The first-order valence-corrected chi connectivity index (χ1v) is 6.33. The lowest BCUT2D eigenvalue weighted by molar-refractivity contribution is 0.0648. The minimum Gasteiger partial charge on any atom is -0.396 e. The number of nitrogens with two attached hydrogens (primary N) is 1. The molecule has 1 saturated heterocycles. The number of nitrogen functional groups attached to an aromatic ring is 1. The van der Waals surface area contributed by atoms with Crippen LogP contribution in [0.15, 0.2) is 18.2 Å². The zero-order valence-electron chi connectivity index (χ0n) is 10.4. The van der Waals surface area contributed by atoms with Crippen molar-refractivity contribution >= 4 is 11.7 Å². The van der Waals surface area contributed by atoms with Crippen LogP contribution in [0.2, 0.25) is 0 Å². The van der Waals surface area contributed by atoms with E-state index < -0.39 is 0 Å². The van der Waals surface area contributed by atoms with Crippen molar-refractivity contribution in [3.8, 4) is 0 Å². The molecule has 1 unspecified atom stereocenters. The van der Waals surface area contributed by atoms with Crippen LogP contribution in [0.3, 0.4) is 0 Å². The molecule has 5 heteroatoms. The van der Waals surface area contributed by atoms with Gasteiger partial charge in [-0.1, -0.05) is 6.07 Å². The second-order valence-corrected chi connectivity index (χ2v) is 4.72. The topological polar surface area (TPSA) is 79.5 Å². The molecule has 1 atom stereocenters. The molecule has 1 aromatic heterocycles. The number of likely N-dealkylation sites (tertiary alicyclic amines) is 1. The molecular weight excluding hydrogens is 230 g/mol. The van der Waals surface area contributed by atoms with Crippen LogP contribution in [-0.4, -0.2) is 40.6 Å². The largest absolute Gasteiger partial charge is 0.396 e. The van der Waals surface area contributed by atoms with Gasteiger partial charge in [0.2, 0.25) is 0 Å². The lowest BCUT2D eigenvalue weighted by Crippen LogP contribution is -2.40. The number of piperidine rings is 1. The standard InChI is InChI=1S/C13H19N3O2/c14-12-5-1-4-11(15-12)13(18)16-7-2-3-10(9-16)6-8-17/h1,4-5,10,17H,2-3,6-9H2,(H2,14,15). The summed E-state index contributed by atoms with van der Waals surface area (Å²) in [5.41, 5.74) is 5.99. The van der Waals surface area contributed by atoms with Crippen LogP contribution < -0.4 is 5.73 Å². The number of nitrogens with zero attached hydrogens (tertiary/aromatic N) is 2. The molecule has 0 aromatic carbocycles. The van der Waals surface area contributed by atoms with E-state index in [0.29, 0.717) is 24.0 Å². The van der Waals surface area contributed by atoms with Gasteiger partial charge in [-0.15, -0.1) is 0 Å². The minimum atomic E-state index is -0.0649. The quantitative estimate of drug-likeness (QED) is 0.834. The molecular formula is C13H19N3O2. The highest BCUT2D eigenvalue weighted by molar-refractivity contribution is 5.92. The van der Waals surface area contributed by atoms with Crippen molar-refractivity contribution in [1.29, 1.82) is 0 Å². The summed E-state index contributed by atoms with van der Waals surface area (Å²) >= 11 is 0. The van der Waals surface area contributed by atoms with E-state index in [9.17, 15) is 4.79 Å². The van der Waals surface area contributed by atoms with Gasteiger partial charge in [0.05, 0.1) is 0 Å². The predicted molar refractivity (Wildman–Crippen MR) is 69.0 cm³/mol. The molecule has 0 aliphatic carbocycles. The highest BCUT2D eigenvalue weighted by Gasteiger charge is 2.24. The van der Waals surface area contributed by atoms with Gasteiger partial charge in [-0.3, -0.25) is 4.79 Å². The second kappa shape index (κ2) is 5.82. The first-order chi connectivity index (χ1) is 8.70. The summed E-state index contributed by atoms with van der Waals surface area (Å²) in [5.74, 6) is 0.698. The summed E-state index contributed by atoms with van der Waals surface area (Å²) in [7, 11) is 0. The highest BCUT2D eigenvalue weighted by Crippen LogP contribution is 2.20. The minimum absolute atomic E-state index is 0.0649. The van der Waals surface area contributed by atoms with Crippen molar-refractivity contribution in [1.82, 2.24) is 9.88 Å². The number of rotatable bonds is 3. The van der Waals surface area contributed by atoms with Crippen molar-refractivity contribution in [2.24, 2.45) is 5.92 Å².